The SMILES string of the molecule is CCOc1ccccc1NC(=O)c1ccc(F)c(S(=O)(=O)N2C[C@@H](C)C[C@H](C)C2)c1. The summed E-state index contributed by atoms with van der Waals surface area (Å²) in [5, 5.41) is 2.71. The largest absolute Gasteiger partial charge is 0.492 e. The maximum absolute atomic E-state index is 14.5. The number of nitrogens with zero attached hydrogens (tertiary/aromatic N) is 1. The maximum Gasteiger partial charge on any atom is 0.255 e. The minimum Gasteiger partial charge on any atom is -0.492 e. The van der Waals surface area contributed by atoms with Gasteiger partial charge in [-0.3, -0.25) is 4.79 Å². The highest BCUT2D eigenvalue weighted by atomic mass is 32.2. The van der Waals surface area contributed by atoms with Crippen LogP contribution in [0.5, 0.6) is 5.75 Å². The van der Waals surface area contributed by atoms with Gasteiger partial charge < -0.3 is 10.1 Å². The van der Waals surface area contributed by atoms with Crippen LogP contribution in [0.2, 0.25) is 0 Å². The molecule has 30 heavy (non-hydrogen) atoms. The summed E-state index contributed by atoms with van der Waals surface area (Å²) in [6.45, 7) is 6.90. The molecule has 8 heteroatoms. The summed E-state index contributed by atoms with van der Waals surface area (Å²) >= 11 is 0. The number of sulfonamides is 1. The van der Waals surface area contributed by atoms with Crippen LogP contribution in [0.1, 0.15) is 37.6 Å². The van der Waals surface area contributed by atoms with Crippen molar-refractivity contribution in [3.05, 3.63) is 53.8 Å². The van der Waals surface area contributed by atoms with Crippen molar-refractivity contribution in [3.63, 3.8) is 0 Å². The summed E-state index contributed by atoms with van der Waals surface area (Å²) < 4.78 is 47.5. The molecule has 6 nitrogen and oxygen atoms in total. The second-order valence-electron chi connectivity index (χ2n) is 7.80. The molecule has 0 saturated carbocycles. The smallest absolute Gasteiger partial charge is 0.255 e. The van der Waals surface area contributed by atoms with Gasteiger partial charge in [0.05, 0.1) is 12.3 Å². The Morgan fingerprint density at radius 1 is 1.17 bits per heavy atom. The molecule has 1 aliphatic rings. The number of halogens is 1. The van der Waals surface area contributed by atoms with Crippen molar-refractivity contribution in [1.82, 2.24) is 4.31 Å². The second-order valence-corrected chi connectivity index (χ2v) is 9.70. The molecular formula is C22H27FN2O4S. The molecule has 0 radical (unpaired) electrons. The number of rotatable bonds is 6. The number of nitrogens with one attached hydrogen (secondary N) is 1. The van der Waals surface area contributed by atoms with Crippen LogP contribution in [-0.2, 0) is 10.0 Å². The lowest BCUT2D eigenvalue weighted by molar-refractivity contribution is 0.102. The molecule has 3 rings (SSSR count). The quantitative estimate of drug-likeness (QED) is 0.741. The van der Waals surface area contributed by atoms with E-state index in [2.05, 4.69) is 5.32 Å². The lowest BCUT2D eigenvalue weighted by Crippen LogP contribution is -2.42. The fourth-order valence-electron chi connectivity index (χ4n) is 3.83. The van der Waals surface area contributed by atoms with Crippen molar-refractivity contribution < 1.29 is 22.3 Å². The van der Waals surface area contributed by atoms with Gasteiger partial charge in [0.15, 0.2) is 0 Å². The van der Waals surface area contributed by atoms with Crippen LogP contribution in [0.25, 0.3) is 0 Å². The number of piperidine rings is 1. The van der Waals surface area contributed by atoms with E-state index < -0.39 is 26.6 Å². The third-order valence-electron chi connectivity index (χ3n) is 5.08. The number of amides is 1. The van der Waals surface area contributed by atoms with E-state index in [9.17, 15) is 17.6 Å². The average molecular weight is 435 g/mol. The summed E-state index contributed by atoms with van der Waals surface area (Å²) in [6.07, 6.45) is 0.927. The van der Waals surface area contributed by atoms with Crippen molar-refractivity contribution in [2.75, 3.05) is 25.0 Å². The number of benzene rings is 2. The Kier molecular flexibility index (Phi) is 6.77. The number of ether oxygens (including phenoxy) is 1. The first-order valence-corrected chi connectivity index (χ1v) is 11.5. The highest BCUT2D eigenvalue weighted by molar-refractivity contribution is 7.89. The first kappa shape index (κ1) is 22.2. The van der Waals surface area contributed by atoms with E-state index in [1.54, 1.807) is 24.3 Å². The Labute approximate surface area is 177 Å². The number of anilines is 1. The van der Waals surface area contributed by atoms with Gasteiger partial charge in [-0.15, -0.1) is 0 Å². The topological polar surface area (TPSA) is 75.7 Å². The van der Waals surface area contributed by atoms with Gasteiger partial charge in [-0.25, -0.2) is 12.8 Å². The van der Waals surface area contributed by atoms with E-state index in [1.165, 1.54) is 10.4 Å². The summed E-state index contributed by atoms with van der Waals surface area (Å²) in [6, 6.07) is 10.3. The van der Waals surface area contributed by atoms with E-state index in [0.29, 0.717) is 31.1 Å². The molecule has 1 heterocycles. The fourth-order valence-corrected chi connectivity index (χ4v) is 5.60. The van der Waals surface area contributed by atoms with E-state index >= 15 is 0 Å². The van der Waals surface area contributed by atoms with Crippen LogP contribution in [0.4, 0.5) is 10.1 Å². The van der Waals surface area contributed by atoms with Crippen LogP contribution >= 0.6 is 0 Å². The Balaban J connectivity index is 1.89. The Hall–Kier alpha value is -2.45. The molecule has 0 aromatic heterocycles. The van der Waals surface area contributed by atoms with E-state index in [0.717, 1.165) is 18.6 Å². The predicted octanol–water partition coefficient (Wildman–Crippen LogP) is 4.14. The molecule has 0 bridgehead atoms. The molecular weight excluding hydrogens is 407 g/mol. The van der Waals surface area contributed by atoms with Crippen molar-refractivity contribution in [3.8, 4) is 5.75 Å². The molecule has 1 saturated heterocycles. The number of carbonyl (C=O) groups excluding carboxylic acids is 1. The number of hydrogen-bond donors (Lipinski definition) is 1. The number of hydrogen-bond acceptors (Lipinski definition) is 4. The van der Waals surface area contributed by atoms with Gasteiger partial charge in [-0.1, -0.05) is 26.0 Å². The summed E-state index contributed by atoms with van der Waals surface area (Å²) in [5.41, 5.74) is 0.510. The van der Waals surface area contributed by atoms with Crippen molar-refractivity contribution in [1.29, 1.82) is 0 Å². The second kappa shape index (κ2) is 9.14. The summed E-state index contributed by atoms with van der Waals surface area (Å²) in [4.78, 5) is 12.3. The first-order valence-electron chi connectivity index (χ1n) is 10.0. The monoisotopic (exact) mass is 434 g/mol. The van der Waals surface area contributed by atoms with Crippen LogP contribution < -0.4 is 10.1 Å². The van der Waals surface area contributed by atoms with Gasteiger partial charge in [0.1, 0.15) is 16.5 Å². The summed E-state index contributed by atoms with van der Waals surface area (Å²) in [7, 11) is -4.05. The minimum atomic E-state index is -4.05. The average Bonchev–Trinajstić information content (AvgIpc) is 2.69. The highest BCUT2D eigenvalue weighted by Crippen LogP contribution is 2.29. The molecule has 1 fully saturated rings. The molecule has 0 aliphatic carbocycles. The molecule has 2 aromatic rings. The van der Waals surface area contributed by atoms with E-state index in [-0.39, 0.29) is 17.4 Å². The lowest BCUT2D eigenvalue weighted by Gasteiger charge is -2.34. The van der Waals surface area contributed by atoms with Gasteiger partial charge in [-0.2, -0.15) is 4.31 Å². The van der Waals surface area contributed by atoms with Crippen LogP contribution in [0, 0.1) is 17.7 Å². The van der Waals surface area contributed by atoms with Crippen LogP contribution in [-0.4, -0.2) is 38.3 Å². The van der Waals surface area contributed by atoms with E-state index in [1.807, 2.05) is 20.8 Å². The summed E-state index contributed by atoms with van der Waals surface area (Å²) in [5.74, 6) is -0.535. The predicted molar refractivity (Wildman–Crippen MR) is 114 cm³/mol. The molecule has 0 spiro atoms. The lowest BCUT2D eigenvalue weighted by atomic mass is 9.94. The van der Waals surface area contributed by atoms with Gasteiger partial charge in [-0.05, 0) is 55.5 Å². The van der Waals surface area contributed by atoms with Crippen molar-refractivity contribution >= 4 is 21.6 Å². The minimum absolute atomic E-state index is 0.0550. The fraction of sp³-hybridized carbons (Fsp3) is 0.409. The van der Waals surface area contributed by atoms with Crippen molar-refractivity contribution in [2.24, 2.45) is 11.8 Å². The number of carbonyl (C=O) groups is 1. The zero-order chi connectivity index (χ0) is 21.9. The first-order chi connectivity index (χ1) is 14.2. The van der Waals surface area contributed by atoms with Gasteiger partial charge in [0.2, 0.25) is 10.0 Å². The normalized spacial score (nSPS) is 20.0. The molecule has 1 N–H and O–H groups in total. The Morgan fingerprint density at radius 3 is 2.50 bits per heavy atom. The van der Waals surface area contributed by atoms with Gasteiger partial charge in [0, 0.05) is 18.7 Å². The van der Waals surface area contributed by atoms with E-state index in [4.69, 9.17) is 4.74 Å². The Morgan fingerprint density at radius 2 is 1.83 bits per heavy atom. The highest BCUT2D eigenvalue weighted by Gasteiger charge is 2.33. The molecule has 2 atom stereocenters. The molecule has 162 valence electrons. The van der Waals surface area contributed by atoms with Crippen LogP contribution in [0.3, 0.4) is 0 Å². The molecule has 2 aromatic carbocycles. The standard InChI is InChI=1S/C22H27FN2O4S/c1-4-29-20-8-6-5-7-19(20)24-22(26)17-9-10-18(23)21(12-17)30(27,28)25-13-15(2)11-16(3)14-25/h5-10,12,15-16H,4,11,13-14H2,1-3H3,(H,24,26)/t15-,16-/m0/s1. The molecule has 1 amide bonds. The van der Waals surface area contributed by atoms with Gasteiger partial charge in [0.25, 0.3) is 5.91 Å². The zero-order valence-electron chi connectivity index (χ0n) is 17.4. The molecule has 0 unspecified atom stereocenters. The molecule has 1 aliphatic heterocycles. The number of para-hydroxylation sites is 2. The third-order valence-corrected chi connectivity index (χ3v) is 6.93. The third kappa shape index (κ3) is 4.82. The Bertz CT molecular complexity index is 1020. The van der Waals surface area contributed by atoms with Gasteiger partial charge >= 0.3 is 0 Å². The maximum atomic E-state index is 14.5. The van der Waals surface area contributed by atoms with Crippen molar-refractivity contribution in [2.45, 2.75) is 32.1 Å². The van der Waals surface area contributed by atoms with Crippen LogP contribution in [0.15, 0.2) is 47.4 Å². The zero-order valence-corrected chi connectivity index (χ0v) is 18.2.